The summed E-state index contributed by atoms with van der Waals surface area (Å²) in [5.41, 5.74) is 0.553. The molecule has 0 radical (unpaired) electrons. The van der Waals surface area contributed by atoms with Crippen molar-refractivity contribution < 1.29 is 9.90 Å². The van der Waals surface area contributed by atoms with E-state index in [0.29, 0.717) is 12.3 Å². The number of rotatable bonds is 2. The van der Waals surface area contributed by atoms with Crippen molar-refractivity contribution in [2.75, 3.05) is 5.88 Å². The van der Waals surface area contributed by atoms with Crippen LogP contribution >= 0.6 is 11.6 Å². The van der Waals surface area contributed by atoms with Crippen LogP contribution in [0.3, 0.4) is 0 Å². The van der Waals surface area contributed by atoms with E-state index in [1.807, 2.05) is 13.0 Å². The van der Waals surface area contributed by atoms with E-state index in [1.54, 1.807) is 0 Å². The first-order valence-electron chi connectivity index (χ1n) is 6.82. The van der Waals surface area contributed by atoms with Crippen molar-refractivity contribution in [3.8, 4) is 0 Å². The second kappa shape index (κ2) is 4.64. The molecular weight excluding hydrogens is 248 g/mol. The SMILES string of the molecule is C[C@@H]1CC(=O)C=C2CC[C@@H]([C@](C)(O)CCl)C[C@]21C. The number of fused-ring (bicyclic) bond motifs is 1. The molecule has 0 aliphatic heterocycles. The maximum atomic E-state index is 11.7. The third-order valence-corrected chi connectivity index (χ3v) is 5.79. The van der Waals surface area contributed by atoms with Crippen LogP contribution in [0.5, 0.6) is 0 Å². The molecule has 0 bridgehead atoms. The molecule has 0 amide bonds. The van der Waals surface area contributed by atoms with Gasteiger partial charge in [-0.2, -0.15) is 0 Å². The first-order chi connectivity index (χ1) is 8.29. The number of hydrogen-bond acceptors (Lipinski definition) is 2. The van der Waals surface area contributed by atoms with Crippen molar-refractivity contribution in [1.29, 1.82) is 0 Å². The monoisotopic (exact) mass is 270 g/mol. The van der Waals surface area contributed by atoms with E-state index in [-0.39, 0.29) is 23.0 Å². The number of hydrogen-bond donors (Lipinski definition) is 1. The zero-order valence-corrected chi connectivity index (χ0v) is 12.3. The molecule has 0 heterocycles. The summed E-state index contributed by atoms with van der Waals surface area (Å²) in [6.45, 7) is 6.23. The minimum Gasteiger partial charge on any atom is -0.389 e. The molecular formula is C15H23ClO2. The Bertz CT molecular complexity index is 386. The molecule has 2 nitrogen and oxygen atoms in total. The van der Waals surface area contributed by atoms with Crippen LogP contribution in [-0.4, -0.2) is 22.4 Å². The molecule has 1 fully saturated rings. The lowest BCUT2D eigenvalue weighted by atomic mass is 9.56. The summed E-state index contributed by atoms with van der Waals surface area (Å²) in [5, 5.41) is 10.4. The van der Waals surface area contributed by atoms with E-state index in [4.69, 9.17) is 11.6 Å². The van der Waals surface area contributed by atoms with Crippen LogP contribution in [0.1, 0.15) is 46.5 Å². The molecule has 0 aromatic carbocycles. The smallest absolute Gasteiger partial charge is 0.155 e. The summed E-state index contributed by atoms with van der Waals surface area (Å²) in [6, 6.07) is 0. The first kappa shape index (κ1) is 14.1. The van der Waals surface area contributed by atoms with Gasteiger partial charge in [-0.1, -0.05) is 19.4 Å². The van der Waals surface area contributed by atoms with Gasteiger partial charge in [-0.3, -0.25) is 4.79 Å². The summed E-state index contributed by atoms with van der Waals surface area (Å²) in [6.07, 6.45) is 5.28. The van der Waals surface area contributed by atoms with Gasteiger partial charge in [0.15, 0.2) is 5.78 Å². The van der Waals surface area contributed by atoms with Gasteiger partial charge < -0.3 is 5.11 Å². The molecule has 0 saturated heterocycles. The summed E-state index contributed by atoms with van der Waals surface area (Å²) in [4.78, 5) is 11.7. The fraction of sp³-hybridized carbons (Fsp3) is 0.800. The fourth-order valence-electron chi connectivity index (χ4n) is 3.54. The topological polar surface area (TPSA) is 37.3 Å². The van der Waals surface area contributed by atoms with Crippen LogP contribution in [0.25, 0.3) is 0 Å². The molecule has 3 heteroatoms. The quantitative estimate of drug-likeness (QED) is 0.782. The highest BCUT2D eigenvalue weighted by Crippen LogP contribution is 2.53. The predicted octanol–water partition coefficient (Wildman–Crippen LogP) is 3.32. The average molecular weight is 271 g/mol. The fourth-order valence-corrected chi connectivity index (χ4v) is 3.75. The molecule has 1 N–H and O–H groups in total. The Labute approximate surface area is 114 Å². The molecule has 102 valence electrons. The summed E-state index contributed by atoms with van der Waals surface area (Å²) >= 11 is 5.89. The highest BCUT2D eigenvalue weighted by molar-refractivity contribution is 6.18. The van der Waals surface area contributed by atoms with Crippen LogP contribution in [0.2, 0.25) is 0 Å². The van der Waals surface area contributed by atoms with Crippen molar-refractivity contribution in [1.82, 2.24) is 0 Å². The Balaban J connectivity index is 2.26. The van der Waals surface area contributed by atoms with Crippen LogP contribution in [0.15, 0.2) is 11.6 Å². The van der Waals surface area contributed by atoms with E-state index in [2.05, 4.69) is 13.8 Å². The maximum Gasteiger partial charge on any atom is 0.155 e. The van der Waals surface area contributed by atoms with Crippen molar-refractivity contribution in [3.63, 3.8) is 0 Å². The first-order valence-corrected chi connectivity index (χ1v) is 7.35. The van der Waals surface area contributed by atoms with E-state index < -0.39 is 5.60 Å². The zero-order chi connectivity index (χ0) is 13.6. The van der Waals surface area contributed by atoms with Crippen LogP contribution in [-0.2, 0) is 4.79 Å². The molecule has 1 saturated carbocycles. The standard InChI is InChI=1S/C15H23ClO2/c1-10-6-13(17)7-11-4-5-12(8-14(10,11)2)15(3,18)9-16/h7,10,12,18H,4-6,8-9H2,1-3H3/t10-,12-,14+,15-/m1/s1. The van der Waals surface area contributed by atoms with Gasteiger partial charge in [-0.25, -0.2) is 0 Å². The van der Waals surface area contributed by atoms with Gasteiger partial charge in [0.1, 0.15) is 0 Å². The van der Waals surface area contributed by atoms with Gasteiger partial charge in [-0.15, -0.1) is 11.6 Å². The molecule has 18 heavy (non-hydrogen) atoms. The number of alkyl halides is 1. The molecule has 2 rings (SSSR count). The van der Waals surface area contributed by atoms with E-state index in [9.17, 15) is 9.90 Å². The number of halogens is 1. The third kappa shape index (κ3) is 2.25. The normalized spacial score (nSPS) is 39.8. The van der Waals surface area contributed by atoms with Gasteiger partial charge in [-0.05, 0) is 49.5 Å². The molecule has 0 aromatic rings. The van der Waals surface area contributed by atoms with E-state index >= 15 is 0 Å². The van der Waals surface area contributed by atoms with Crippen molar-refractivity contribution in [2.45, 2.75) is 52.1 Å². The lowest BCUT2D eigenvalue weighted by Crippen LogP contribution is -2.46. The summed E-state index contributed by atoms with van der Waals surface area (Å²) in [7, 11) is 0. The second-order valence-corrected chi connectivity index (χ2v) is 6.86. The number of carbonyl (C=O) groups is 1. The minimum atomic E-state index is -0.794. The lowest BCUT2D eigenvalue weighted by Gasteiger charge is -2.49. The van der Waals surface area contributed by atoms with Gasteiger partial charge in [0.05, 0.1) is 11.5 Å². The summed E-state index contributed by atoms with van der Waals surface area (Å²) < 4.78 is 0. The number of ketones is 1. The minimum absolute atomic E-state index is 0.0624. The third-order valence-electron chi connectivity index (χ3n) is 5.25. The number of aliphatic hydroxyl groups is 1. The van der Waals surface area contributed by atoms with Crippen LogP contribution in [0, 0.1) is 17.3 Å². The van der Waals surface area contributed by atoms with Gasteiger partial charge >= 0.3 is 0 Å². The Hall–Kier alpha value is -0.340. The molecule has 2 aliphatic carbocycles. The average Bonchev–Trinajstić information content (AvgIpc) is 2.30. The molecule has 2 aliphatic rings. The van der Waals surface area contributed by atoms with Gasteiger partial charge in [0, 0.05) is 6.42 Å². The summed E-state index contributed by atoms with van der Waals surface area (Å²) in [5.74, 6) is 1.13. The zero-order valence-electron chi connectivity index (χ0n) is 11.5. The van der Waals surface area contributed by atoms with Gasteiger partial charge in [0.25, 0.3) is 0 Å². The van der Waals surface area contributed by atoms with Crippen molar-refractivity contribution in [2.24, 2.45) is 17.3 Å². The molecule has 4 atom stereocenters. The second-order valence-electron chi connectivity index (χ2n) is 6.59. The van der Waals surface area contributed by atoms with Crippen LogP contribution < -0.4 is 0 Å². The van der Waals surface area contributed by atoms with E-state index in [0.717, 1.165) is 19.3 Å². The van der Waals surface area contributed by atoms with Crippen molar-refractivity contribution >= 4 is 17.4 Å². The Morgan fingerprint density at radius 1 is 1.61 bits per heavy atom. The molecule has 0 unspecified atom stereocenters. The van der Waals surface area contributed by atoms with Gasteiger partial charge in [0.2, 0.25) is 0 Å². The molecule has 0 spiro atoms. The Kier molecular flexibility index (Phi) is 3.63. The Morgan fingerprint density at radius 2 is 2.28 bits per heavy atom. The highest BCUT2D eigenvalue weighted by atomic mass is 35.5. The number of allylic oxidation sites excluding steroid dienone is 2. The predicted molar refractivity (Wildman–Crippen MR) is 73.7 cm³/mol. The van der Waals surface area contributed by atoms with Crippen molar-refractivity contribution in [3.05, 3.63) is 11.6 Å². The molecule has 0 aromatic heterocycles. The van der Waals surface area contributed by atoms with E-state index in [1.165, 1.54) is 5.57 Å². The van der Waals surface area contributed by atoms with Crippen LogP contribution in [0.4, 0.5) is 0 Å². The largest absolute Gasteiger partial charge is 0.389 e. The highest BCUT2D eigenvalue weighted by Gasteiger charge is 2.47. The Morgan fingerprint density at radius 3 is 2.89 bits per heavy atom. The number of carbonyl (C=O) groups excluding carboxylic acids is 1. The lowest BCUT2D eigenvalue weighted by molar-refractivity contribution is -0.117. The maximum absolute atomic E-state index is 11.7.